The summed E-state index contributed by atoms with van der Waals surface area (Å²) in [7, 11) is 1.89. The van der Waals surface area contributed by atoms with Crippen molar-refractivity contribution in [2.75, 3.05) is 5.32 Å². The van der Waals surface area contributed by atoms with Crippen molar-refractivity contribution in [2.24, 2.45) is 7.05 Å². The van der Waals surface area contributed by atoms with E-state index in [2.05, 4.69) is 10.4 Å². The smallest absolute Gasteiger partial charge is 0.101 e. The maximum atomic E-state index is 8.96. The van der Waals surface area contributed by atoms with Gasteiger partial charge in [-0.05, 0) is 31.2 Å². The second-order valence-electron chi connectivity index (χ2n) is 4.24. The zero-order valence-corrected chi connectivity index (χ0v) is 10.8. The van der Waals surface area contributed by atoms with Gasteiger partial charge in [0.15, 0.2) is 0 Å². The van der Waals surface area contributed by atoms with E-state index in [9.17, 15) is 0 Å². The van der Waals surface area contributed by atoms with Crippen LogP contribution in [-0.2, 0) is 13.6 Å². The van der Waals surface area contributed by atoms with Gasteiger partial charge in [0.25, 0.3) is 0 Å². The van der Waals surface area contributed by atoms with Gasteiger partial charge in [-0.2, -0.15) is 15.6 Å². The van der Waals surface area contributed by atoms with Crippen LogP contribution >= 0.6 is 0 Å². The number of nitriles is 2. The monoisotopic (exact) mass is 251 g/mol. The summed E-state index contributed by atoms with van der Waals surface area (Å²) in [5.74, 6) is 0. The van der Waals surface area contributed by atoms with Gasteiger partial charge in [0, 0.05) is 12.7 Å². The highest BCUT2D eigenvalue weighted by atomic mass is 15.3. The van der Waals surface area contributed by atoms with Crippen molar-refractivity contribution in [2.45, 2.75) is 13.5 Å². The Morgan fingerprint density at radius 3 is 2.53 bits per heavy atom. The first kappa shape index (κ1) is 12.7. The highest BCUT2D eigenvalue weighted by Crippen LogP contribution is 2.15. The quantitative estimate of drug-likeness (QED) is 0.906. The highest BCUT2D eigenvalue weighted by Gasteiger charge is 2.04. The fourth-order valence-corrected chi connectivity index (χ4v) is 1.87. The van der Waals surface area contributed by atoms with Crippen LogP contribution < -0.4 is 5.32 Å². The summed E-state index contributed by atoms with van der Waals surface area (Å²) in [5, 5.41) is 25.3. The van der Waals surface area contributed by atoms with Gasteiger partial charge in [0.05, 0.1) is 29.1 Å². The topological polar surface area (TPSA) is 77.4 Å². The zero-order chi connectivity index (χ0) is 13.8. The van der Waals surface area contributed by atoms with Crippen LogP contribution in [0, 0.1) is 29.6 Å². The summed E-state index contributed by atoms with van der Waals surface area (Å²) in [6.07, 6.45) is 0. The summed E-state index contributed by atoms with van der Waals surface area (Å²) in [5.41, 5.74) is 3.62. The zero-order valence-electron chi connectivity index (χ0n) is 10.8. The maximum absolute atomic E-state index is 8.96. The predicted octanol–water partition coefficient (Wildman–Crippen LogP) is 2.08. The average Bonchev–Trinajstić information content (AvgIpc) is 2.74. The van der Waals surface area contributed by atoms with E-state index in [4.69, 9.17) is 10.5 Å². The number of aryl methyl sites for hydroxylation is 2. The molecule has 0 amide bonds. The summed E-state index contributed by atoms with van der Waals surface area (Å²) < 4.78 is 1.82. The first-order chi connectivity index (χ1) is 9.13. The Morgan fingerprint density at radius 2 is 1.95 bits per heavy atom. The number of rotatable bonds is 3. The molecule has 0 radical (unpaired) electrons. The molecule has 5 nitrogen and oxygen atoms in total. The van der Waals surface area contributed by atoms with E-state index in [0.717, 1.165) is 17.1 Å². The molecule has 1 heterocycles. The van der Waals surface area contributed by atoms with Gasteiger partial charge in [-0.25, -0.2) is 0 Å². The number of hydrogen-bond acceptors (Lipinski definition) is 4. The molecule has 0 aliphatic heterocycles. The average molecular weight is 251 g/mol. The summed E-state index contributed by atoms with van der Waals surface area (Å²) >= 11 is 0. The van der Waals surface area contributed by atoms with Crippen molar-refractivity contribution in [3.63, 3.8) is 0 Å². The standard InChI is InChI=1S/C14H13N5/c1-10-5-14(19(2)18-10)9-17-13-4-3-11(7-15)12(6-13)8-16/h3-6,17H,9H2,1-2H3. The second-order valence-corrected chi connectivity index (χ2v) is 4.24. The third-order valence-electron chi connectivity index (χ3n) is 2.83. The third kappa shape index (κ3) is 2.72. The van der Waals surface area contributed by atoms with Gasteiger partial charge in [-0.15, -0.1) is 0 Å². The molecule has 0 unspecified atom stereocenters. The summed E-state index contributed by atoms with van der Waals surface area (Å²) in [6, 6.07) is 11.1. The minimum atomic E-state index is 0.383. The predicted molar refractivity (Wildman–Crippen MR) is 71.1 cm³/mol. The van der Waals surface area contributed by atoms with Gasteiger partial charge in [-0.1, -0.05) is 0 Å². The molecule has 0 aliphatic carbocycles. The second kappa shape index (κ2) is 5.24. The SMILES string of the molecule is Cc1cc(CNc2ccc(C#N)c(C#N)c2)n(C)n1. The van der Waals surface area contributed by atoms with Crippen LogP contribution in [0.2, 0.25) is 0 Å². The minimum Gasteiger partial charge on any atom is -0.379 e. The minimum absolute atomic E-state index is 0.383. The Morgan fingerprint density at radius 1 is 1.21 bits per heavy atom. The molecule has 0 spiro atoms. The first-order valence-corrected chi connectivity index (χ1v) is 5.81. The number of nitrogens with one attached hydrogen (secondary N) is 1. The van der Waals surface area contributed by atoms with Gasteiger partial charge in [0.2, 0.25) is 0 Å². The fraction of sp³-hybridized carbons (Fsp3) is 0.214. The highest BCUT2D eigenvalue weighted by molar-refractivity contribution is 5.56. The lowest BCUT2D eigenvalue weighted by atomic mass is 10.1. The maximum Gasteiger partial charge on any atom is 0.101 e. The Kier molecular flexibility index (Phi) is 3.49. The van der Waals surface area contributed by atoms with E-state index >= 15 is 0 Å². The molecule has 94 valence electrons. The van der Waals surface area contributed by atoms with Crippen molar-refractivity contribution in [1.29, 1.82) is 10.5 Å². The van der Waals surface area contributed by atoms with Crippen LogP contribution in [0.25, 0.3) is 0 Å². The van der Waals surface area contributed by atoms with Crippen molar-refractivity contribution in [1.82, 2.24) is 9.78 Å². The molecule has 0 saturated carbocycles. The molecule has 0 atom stereocenters. The molecule has 1 N–H and O–H groups in total. The van der Waals surface area contributed by atoms with Crippen molar-refractivity contribution >= 4 is 5.69 Å². The van der Waals surface area contributed by atoms with Crippen molar-refractivity contribution < 1.29 is 0 Å². The van der Waals surface area contributed by atoms with E-state index in [0.29, 0.717) is 17.7 Å². The number of hydrogen-bond donors (Lipinski definition) is 1. The molecule has 2 aromatic rings. The Bertz CT molecular complexity index is 685. The van der Waals surface area contributed by atoms with Crippen LogP contribution in [0.15, 0.2) is 24.3 Å². The summed E-state index contributed by atoms with van der Waals surface area (Å²) in [6.45, 7) is 2.56. The van der Waals surface area contributed by atoms with E-state index in [1.807, 2.05) is 36.9 Å². The van der Waals surface area contributed by atoms with Crippen molar-refractivity contribution in [3.8, 4) is 12.1 Å². The van der Waals surface area contributed by atoms with E-state index in [1.165, 1.54) is 0 Å². The number of nitrogens with zero attached hydrogens (tertiary/aromatic N) is 4. The van der Waals surface area contributed by atoms with Gasteiger partial charge in [-0.3, -0.25) is 4.68 Å². The molecule has 0 bridgehead atoms. The molecule has 19 heavy (non-hydrogen) atoms. The molecule has 5 heteroatoms. The summed E-state index contributed by atoms with van der Waals surface area (Å²) in [4.78, 5) is 0. The molecule has 2 rings (SSSR count). The van der Waals surface area contributed by atoms with Crippen LogP contribution in [0.5, 0.6) is 0 Å². The van der Waals surface area contributed by atoms with Crippen molar-refractivity contribution in [3.05, 3.63) is 46.8 Å². The lowest BCUT2D eigenvalue weighted by Crippen LogP contribution is -2.05. The number of benzene rings is 1. The van der Waals surface area contributed by atoms with Gasteiger partial charge in [0.1, 0.15) is 12.1 Å². The molecule has 1 aromatic heterocycles. The number of aromatic nitrogens is 2. The number of anilines is 1. The molecule has 0 fully saturated rings. The van der Waals surface area contributed by atoms with Crippen LogP contribution in [-0.4, -0.2) is 9.78 Å². The van der Waals surface area contributed by atoms with Gasteiger partial charge < -0.3 is 5.32 Å². The third-order valence-corrected chi connectivity index (χ3v) is 2.83. The lowest BCUT2D eigenvalue weighted by molar-refractivity contribution is 0.713. The van der Waals surface area contributed by atoms with Gasteiger partial charge >= 0.3 is 0 Å². The van der Waals surface area contributed by atoms with E-state index in [-0.39, 0.29) is 0 Å². The van der Waals surface area contributed by atoms with E-state index < -0.39 is 0 Å². The lowest BCUT2D eigenvalue weighted by Gasteiger charge is -2.07. The van der Waals surface area contributed by atoms with Crippen LogP contribution in [0.4, 0.5) is 5.69 Å². The molecular formula is C14H13N5. The Balaban J connectivity index is 2.15. The molecule has 0 saturated heterocycles. The van der Waals surface area contributed by atoms with E-state index in [1.54, 1.807) is 18.2 Å². The normalized spacial score (nSPS) is 9.68. The Hall–Kier alpha value is -2.79. The Labute approximate surface area is 111 Å². The molecule has 1 aromatic carbocycles. The fourth-order valence-electron chi connectivity index (χ4n) is 1.87. The van der Waals surface area contributed by atoms with Crippen LogP contribution in [0.1, 0.15) is 22.5 Å². The largest absolute Gasteiger partial charge is 0.379 e. The van der Waals surface area contributed by atoms with Crippen LogP contribution in [0.3, 0.4) is 0 Å². The molecule has 0 aliphatic rings. The molecular weight excluding hydrogens is 238 g/mol. The first-order valence-electron chi connectivity index (χ1n) is 5.81.